The molecule has 0 aliphatic carbocycles. The molecule has 4 N–H and O–H groups in total. The minimum absolute atomic E-state index is 0. The van der Waals surface area contributed by atoms with Crippen LogP contribution in [0.4, 0.5) is 0 Å². The molecule has 0 aromatic rings. The number of nitrogens with two attached hydrogens (primary N) is 2. The van der Waals surface area contributed by atoms with Crippen LogP contribution in [0.2, 0.25) is 0 Å². The fourth-order valence-corrected chi connectivity index (χ4v) is 1.00. The van der Waals surface area contributed by atoms with Crippen molar-refractivity contribution in [2.24, 2.45) is 11.5 Å². The molecule has 106 valence electrons. The van der Waals surface area contributed by atoms with E-state index < -0.39 is 0 Å². The summed E-state index contributed by atoms with van der Waals surface area (Å²) in [7, 11) is 0. The first-order valence-electron chi connectivity index (χ1n) is 5.80. The highest BCUT2D eigenvalue weighted by atomic mass is 16.5. The molecule has 0 saturated carbocycles. The van der Waals surface area contributed by atoms with Gasteiger partial charge in [-0.2, -0.15) is 0 Å². The van der Waals surface area contributed by atoms with Gasteiger partial charge in [-0.1, -0.05) is 7.43 Å². The molecule has 5 nitrogen and oxygen atoms in total. The van der Waals surface area contributed by atoms with Crippen molar-refractivity contribution in [3.8, 4) is 0 Å². The Hall–Kier alpha value is -0.200. The van der Waals surface area contributed by atoms with Crippen LogP contribution in [0.3, 0.4) is 0 Å². The molecular weight excluding hydrogens is 220 g/mol. The second-order valence-corrected chi connectivity index (χ2v) is 4.25. The molecule has 0 fully saturated rings. The summed E-state index contributed by atoms with van der Waals surface area (Å²) in [6.45, 7) is 8.62. The van der Waals surface area contributed by atoms with Gasteiger partial charge in [0.15, 0.2) is 0 Å². The average Bonchev–Trinajstić information content (AvgIpc) is 2.19. The Morgan fingerprint density at radius 3 is 1.76 bits per heavy atom. The molecule has 0 aromatic carbocycles. The summed E-state index contributed by atoms with van der Waals surface area (Å²) in [6.07, 6.45) is 0.0689. The van der Waals surface area contributed by atoms with Crippen LogP contribution in [0.5, 0.6) is 0 Å². The highest BCUT2D eigenvalue weighted by molar-refractivity contribution is 4.53. The topological polar surface area (TPSA) is 79.7 Å². The minimum Gasteiger partial charge on any atom is -0.377 e. The van der Waals surface area contributed by atoms with Gasteiger partial charge in [0.2, 0.25) is 0 Å². The molecule has 0 aliphatic rings. The van der Waals surface area contributed by atoms with Crippen LogP contribution in [-0.4, -0.2) is 51.2 Å². The molecule has 0 aliphatic heterocycles. The zero-order valence-corrected chi connectivity index (χ0v) is 10.6. The van der Waals surface area contributed by atoms with E-state index in [-0.39, 0.29) is 25.6 Å². The normalized spacial score (nSPS) is 16.1. The Morgan fingerprint density at radius 2 is 1.29 bits per heavy atom. The molecular formula is C12H30N2O3. The summed E-state index contributed by atoms with van der Waals surface area (Å²) >= 11 is 0. The van der Waals surface area contributed by atoms with E-state index in [0.717, 1.165) is 0 Å². The average molecular weight is 250 g/mol. The van der Waals surface area contributed by atoms with Gasteiger partial charge in [-0.25, -0.2) is 0 Å². The van der Waals surface area contributed by atoms with Crippen molar-refractivity contribution in [1.82, 2.24) is 0 Å². The first kappa shape index (κ1) is 19.1. The Balaban J connectivity index is 0. The second kappa shape index (κ2) is 12.3. The fraction of sp³-hybridized carbons (Fsp3) is 1.00. The number of rotatable bonds is 10. The predicted molar refractivity (Wildman–Crippen MR) is 71.1 cm³/mol. The summed E-state index contributed by atoms with van der Waals surface area (Å²) in [5.74, 6) is 0. The molecule has 5 heteroatoms. The van der Waals surface area contributed by atoms with Crippen molar-refractivity contribution in [3.63, 3.8) is 0 Å². The van der Waals surface area contributed by atoms with Gasteiger partial charge in [0.05, 0.1) is 39.1 Å². The Labute approximate surface area is 106 Å². The second-order valence-electron chi connectivity index (χ2n) is 4.25. The zero-order chi connectivity index (χ0) is 12.4. The Morgan fingerprint density at radius 1 is 0.824 bits per heavy atom. The maximum Gasteiger partial charge on any atom is 0.0781 e. The quantitative estimate of drug-likeness (QED) is 0.559. The SMILES string of the molecule is C.CC(N)COCCOCC(C)OCC(C)N. The maximum atomic E-state index is 5.57. The van der Waals surface area contributed by atoms with E-state index in [4.69, 9.17) is 25.7 Å². The Bertz CT molecular complexity index is 155. The van der Waals surface area contributed by atoms with E-state index in [1.165, 1.54) is 0 Å². The van der Waals surface area contributed by atoms with Crippen LogP contribution in [0.25, 0.3) is 0 Å². The van der Waals surface area contributed by atoms with Crippen molar-refractivity contribution in [2.75, 3.05) is 33.0 Å². The molecule has 0 rings (SSSR count). The van der Waals surface area contributed by atoms with Crippen molar-refractivity contribution in [1.29, 1.82) is 0 Å². The van der Waals surface area contributed by atoms with Gasteiger partial charge in [0.25, 0.3) is 0 Å². The van der Waals surface area contributed by atoms with Crippen LogP contribution < -0.4 is 11.5 Å². The third-order valence-corrected chi connectivity index (χ3v) is 1.75. The third kappa shape index (κ3) is 15.8. The molecule has 0 radical (unpaired) electrons. The molecule has 0 amide bonds. The number of ether oxygens (including phenoxy) is 3. The summed E-state index contributed by atoms with van der Waals surface area (Å²) < 4.78 is 16.1. The summed E-state index contributed by atoms with van der Waals surface area (Å²) in [6, 6.07) is 0.144. The van der Waals surface area contributed by atoms with Gasteiger partial charge < -0.3 is 25.7 Å². The lowest BCUT2D eigenvalue weighted by molar-refractivity contribution is -0.0264. The first-order valence-corrected chi connectivity index (χ1v) is 5.80. The standard InChI is InChI=1S/C11H26N2O3.CH4/c1-9(12)6-14-4-5-15-8-11(3)16-7-10(2)13;/h9-11H,4-8,12-13H2,1-3H3;1H4. The van der Waals surface area contributed by atoms with E-state index >= 15 is 0 Å². The smallest absolute Gasteiger partial charge is 0.0781 e. The van der Waals surface area contributed by atoms with E-state index in [1.807, 2.05) is 20.8 Å². The van der Waals surface area contributed by atoms with E-state index in [0.29, 0.717) is 33.0 Å². The molecule has 0 heterocycles. The van der Waals surface area contributed by atoms with Crippen LogP contribution in [-0.2, 0) is 14.2 Å². The van der Waals surface area contributed by atoms with Crippen LogP contribution >= 0.6 is 0 Å². The number of hydrogen-bond acceptors (Lipinski definition) is 5. The van der Waals surface area contributed by atoms with Crippen LogP contribution in [0, 0.1) is 0 Å². The van der Waals surface area contributed by atoms with Gasteiger partial charge in [0.1, 0.15) is 0 Å². The van der Waals surface area contributed by atoms with Crippen LogP contribution in [0.15, 0.2) is 0 Å². The lowest BCUT2D eigenvalue weighted by atomic mass is 10.4. The highest BCUT2D eigenvalue weighted by Crippen LogP contribution is 1.93. The van der Waals surface area contributed by atoms with E-state index in [9.17, 15) is 0 Å². The van der Waals surface area contributed by atoms with Gasteiger partial charge in [-0.3, -0.25) is 0 Å². The maximum absolute atomic E-state index is 5.57. The molecule has 0 saturated heterocycles. The fourth-order valence-electron chi connectivity index (χ4n) is 1.00. The van der Waals surface area contributed by atoms with Gasteiger partial charge in [0, 0.05) is 12.1 Å². The van der Waals surface area contributed by atoms with Crippen molar-refractivity contribution < 1.29 is 14.2 Å². The monoisotopic (exact) mass is 250 g/mol. The summed E-state index contributed by atoms with van der Waals surface area (Å²) in [5, 5.41) is 0. The van der Waals surface area contributed by atoms with Crippen LogP contribution in [0.1, 0.15) is 28.2 Å². The summed E-state index contributed by atoms with van der Waals surface area (Å²) in [4.78, 5) is 0. The van der Waals surface area contributed by atoms with Gasteiger partial charge in [-0.05, 0) is 20.8 Å². The zero-order valence-electron chi connectivity index (χ0n) is 10.6. The largest absolute Gasteiger partial charge is 0.377 e. The molecule has 17 heavy (non-hydrogen) atoms. The Kier molecular flexibility index (Phi) is 13.8. The lowest BCUT2D eigenvalue weighted by Gasteiger charge is -2.15. The first-order chi connectivity index (χ1) is 7.52. The van der Waals surface area contributed by atoms with Gasteiger partial charge >= 0.3 is 0 Å². The summed E-state index contributed by atoms with van der Waals surface area (Å²) in [5.41, 5.74) is 11.1. The lowest BCUT2D eigenvalue weighted by Crippen LogP contribution is -2.27. The molecule has 0 bridgehead atoms. The molecule has 3 unspecified atom stereocenters. The van der Waals surface area contributed by atoms with E-state index in [1.54, 1.807) is 0 Å². The molecule has 0 aromatic heterocycles. The van der Waals surface area contributed by atoms with Crippen molar-refractivity contribution in [2.45, 2.75) is 46.4 Å². The number of hydrogen-bond donors (Lipinski definition) is 2. The van der Waals surface area contributed by atoms with E-state index in [2.05, 4.69) is 0 Å². The van der Waals surface area contributed by atoms with Crippen molar-refractivity contribution >= 4 is 0 Å². The molecule has 0 spiro atoms. The molecule has 3 atom stereocenters. The van der Waals surface area contributed by atoms with Gasteiger partial charge in [-0.15, -0.1) is 0 Å². The third-order valence-electron chi connectivity index (χ3n) is 1.75. The minimum atomic E-state index is 0. The predicted octanol–water partition coefficient (Wildman–Crippen LogP) is 0.755. The highest BCUT2D eigenvalue weighted by Gasteiger charge is 2.03. The van der Waals surface area contributed by atoms with Crippen molar-refractivity contribution in [3.05, 3.63) is 0 Å².